The first-order valence-electron chi connectivity index (χ1n) is 18.0. The molecule has 0 saturated carbocycles. The van der Waals surface area contributed by atoms with Gasteiger partial charge in [-0.3, -0.25) is 32.3 Å². The van der Waals surface area contributed by atoms with Crippen LogP contribution in [0.25, 0.3) is 11.2 Å². The van der Waals surface area contributed by atoms with Gasteiger partial charge in [-0.15, -0.1) is 0 Å². The maximum atomic E-state index is 13.5. The lowest BCUT2D eigenvalue weighted by molar-refractivity contribution is -0.160. The number of aryl methyl sites for hydroxylation is 1. The molecule has 2 fully saturated rings. The molecule has 2 aliphatic heterocycles. The summed E-state index contributed by atoms with van der Waals surface area (Å²) in [5, 5.41) is 11.5. The number of aliphatic hydroxyl groups is 1. The van der Waals surface area contributed by atoms with Crippen LogP contribution in [0.15, 0.2) is 52.8 Å². The standard InChI is InChI=1S/C32H41N9O16P2S2/c1-3-60-61-20-6-4-5-15(2)26(20)55-23(42)9-16(33)31(44)56-27-19(54-30(25(27)43)41-14-38-24-28(35)36-13-37-29(24)41)12-52-59(49,50)57-17-10-22(40-8-7-21(34)39-32(40)45)53-18(17)11-51-58(46,47)48/h4-8,13-14,16-19,22,25,27,30,43H,3,9-12,33H2,1-2H3,(H,49,50)(H2,34,39,45)(H2,35,36,37)(H2,46,47,48)/t16?,17-,18+,19-,22+,25+,27+,30+/m0/s1. The predicted octanol–water partition coefficient (Wildman–Crippen LogP) is 0.708. The fourth-order valence-corrected chi connectivity index (χ4v) is 9.27. The molecule has 25 nitrogen and oxygen atoms in total. The Balaban J connectivity index is 1.18. The molecule has 9 atom stereocenters. The van der Waals surface area contributed by atoms with E-state index in [1.807, 2.05) is 6.92 Å². The van der Waals surface area contributed by atoms with E-state index in [0.29, 0.717) is 16.2 Å². The number of rotatable bonds is 18. The van der Waals surface area contributed by atoms with Gasteiger partial charge in [0.1, 0.15) is 60.1 Å². The SMILES string of the molecule is CCSSc1cccc(C)c1OC(=O)CC(N)C(=O)O[C@H]1[C@@H](O)[C@H](n2cnc3c(N)ncnc32)O[C@H]1COP(=O)(O)O[C@H]1C[C@H](n2ccc(N)nc2=O)O[C@@H]1COP(=O)(O)O. The third kappa shape index (κ3) is 11.5. The Bertz CT molecular complexity index is 2390. The van der Waals surface area contributed by atoms with Crippen molar-refractivity contribution in [2.75, 3.05) is 30.4 Å². The Hall–Kier alpha value is -4.05. The number of phosphoric ester groups is 2. The first-order chi connectivity index (χ1) is 28.8. The molecule has 2 unspecified atom stereocenters. The van der Waals surface area contributed by atoms with Crippen LogP contribution in [0.1, 0.15) is 37.8 Å². The monoisotopic (exact) mass is 933 g/mol. The molecule has 0 spiro atoms. The molecule has 0 amide bonds. The number of imidazole rings is 1. The fourth-order valence-electron chi connectivity index (χ4n) is 6.19. The van der Waals surface area contributed by atoms with Crippen molar-refractivity contribution in [1.82, 2.24) is 29.1 Å². The molecule has 10 N–H and O–H groups in total. The lowest BCUT2D eigenvalue weighted by Gasteiger charge is -2.24. The summed E-state index contributed by atoms with van der Waals surface area (Å²) in [5.74, 6) is -1.07. The van der Waals surface area contributed by atoms with E-state index >= 15 is 0 Å². The van der Waals surface area contributed by atoms with Crippen LogP contribution in [0, 0.1) is 6.92 Å². The van der Waals surface area contributed by atoms with Gasteiger partial charge < -0.3 is 55.9 Å². The summed E-state index contributed by atoms with van der Waals surface area (Å²) in [5.41, 5.74) is 17.6. The van der Waals surface area contributed by atoms with Gasteiger partial charge in [-0.2, -0.15) is 4.98 Å². The van der Waals surface area contributed by atoms with Crippen LogP contribution < -0.4 is 27.6 Å². The largest absolute Gasteiger partial charge is 0.472 e. The van der Waals surface area contributed by atoms with Crippen molar-refractivity contribution in [3.8, 4) is 5.75 Å². The van der Waals surface area contributed by atoms with E-state index in [1.165, 1.54) is 44.7 Å². The van der Waals surface area contributed by atoms with E-state index in [1.54, 1.807) is 25.1 Å². The second-order valence-corrected chi connectivity index (χ2v) is 18.6. The van der Waals surface area contributed by atoms with E-state index in [-0.39, 0.29) is 29.2 Å². The summed E-state index contributed by atoms with van der Waals surface area (Å²) < 4.78 is 65.2. The van der Waals surface area contributed by atoms with Gasteiger partial charge in [0, 0.05) is 18.4 Å². The van der Waals surface area contributed by atoms with Crippen LogP contribution in [0.2, 0.25) is 0 Å². The number of esters is 2. The van der Waals surface area contributed by atoms with E-state index in [4.69, 9.17) is 45.2 Å². The average Bonchev–Trinajstić information content (AvgIpc) is 3.88. The number of phosphoric acid groups is 2. The Kier molecular flexibility index (Phi) is 14.9. The fraction of sp³-hybridized carbons (Fsp3) is 0.469. The molecule has 61 heavy (non-hydrogen) atoms. The summed E-state index contributed by atoms with van der Waals surface area (Å²) in [4.78, 5) is 84.8. The van der Waals surface area contributed by atoms with Gasteiger partial charge in [0.05, 0.1) is 30.9 Å². The first-order valence-corrected chi connectivity index (χ1v) is 23.4. The van der Waals surface area contributed by atoms with Gasteiger partial charge in [0.25, 0.3) is 0 Å². The van der Waals surface area contributed by atoms with Crippen molar-refractivity contribution in [3.63, 3.8) is 0 Å². The van der Waals surface area contributed by atoms with Crippen LogP contribution in [0.5, 0.6) is 5.75 Å². The highest BCUT2D eigenvalue weighted by atomic mass is 33.1. The van der Waals surface area contributed by atoms with Crippen LogP contribution in [-0.4, -0.2) is 116 Å². The summed E-state index contributed by atoms with van der Waals surface area (Å²) in [6.45, 7) is 1.94. The summed E-state index contributed by atoms with van der Waals surface area (Å²) in [6.07, 6.45) is -8.03. The highest BCUT2D eigenvalue weighted by Crippen LogP contribution is 2.50. The van der Waals surface area contributed by atoms with Crippen LogP contribution in [-0.2, 0) is 46.5 Å². The Morgan fingerprint density at radius 1 is 1.05 bits per heavy atom. The number of ether oxygens (including phenoxy) is 4. The van der Waals surface area contributed by atoms with Gasteiger partial charge in [0.15, 0.2) is 23.8 Å². The van der Waals surface area contributed by atoms with E-state index < -0.39 is 102 Å². The number of benzene rings is 1. The summed E-state index contributed by atoms with van der Waals surface area (Å²) >= 11 is 0. The molecule has 5 heterocycles. The number of para-hydroxylation sites is 1. The highest BCUT2D eigenvalue weighted by Gasteiger charge is 2.50. The van der Waals surface area contributed by atoms with Crippen LogP contribution >= 0.6 is 37.2 Å². The lowest BCUT2D eigenvalue weighted by atomic mass is 10.1. The average molecular weight is 934 g/mol. The minimum absolute atomic E-state index is 0.00369. The number of hydrogen-bond donors (Lipinski definition) is 7. The second-order valence-electron chi connectivity index (χ2n) is 13.3. The van der Waals surface area contributed by atoms with Crippen molar-refractivity contribution < 1.29 is 71.0 Å². The number of carbonyl (C=O) groups is 2. The van der Waals surface area contributed by atoms with E-state index in [2.05, 4.69) is 24.5 Å². The van der Waals surface area contributed by atoms with Gasteiger partial charge in [-0.05, 0) is 24.6 Å². The second kappa shape index (κ2) is 19.6. The van der Waals surface area contributed by atoms with Gasteiger partial charge >= 0.3 is 33.3 Å². The number of nitrogen functional groups attached to an aromatic ring is 2. The topological polar surface area (TPSA) is 370 Å². The number of hydrogen-bond acceptors (Lipinski definition) is 22. The molecule has 29 heteroatoms. The zero-order chi connectivity index (χ0) is 44.2. The summed E-state index contributed by atoms with van der Waals surface area (Å²) in [7, 11) is -7.37. The van der Waals surface area contributed by atoms with Gasteiger partial charge in [0.2, 0.25) is 0 Å². The quantitative estimate of drug-likeness (QED) is 0.0312. The highest BCUT2D eigenvalue weighted by molar-refractivity contribution is 8.76. The summed E-state index contributed by atoms with van der Waals surface area (Å²) in [6, 6.07) is 4.98. The Morgan fingerprint density at radius 3 is 2.52 bits per heavy atom. The smallest absolute Gasteiger partial charge is 0.455 e. The lowest BCUT2D eigenvalue weighted by Crippen LogP contribution is -2.44. The number of nitrogens with two attached hydrogens (primary N) is 3. The van der Waals surface area contributed by atoms with Crippen molar-refractivity contribution in [1.29, 1.82) is 0 Å². The Labute approximate surface area is 352 Å². The number of aliphatic hydroxyl groups excluding tert-OH is 1. The maximum absolute atomic E-state index is 13.5. The normalized spacial score (nSPS) is 24.4. The predicted molar refractivity (Wildman–Crippen MR) is 213 cm³/mol. The Morgan fingerprint density at radius 2 is 1.80 bits per heavy atom. The van der Waals surface area contributed by atoms with Crippen molar-refractivity contribution in [2.24, 2.45) is 5.73 Å². The maximum Gasteiger partial charge on any atom is 0.472 e. The zero-order valence-electron chi connectivity index (χ0n) is 32.0. The first kappa shape index (κ1) is 46.5. The molecule has 2 aliphatic rings. The third-order valence-electron chi connectivity index (χ3n) is 8.99. The molecule has 2 saturated heterocycles. The van der Waals surface area contributed by atoms with Gasteiger partial charge in [-0.25, -0.2) is 28.9 Å². The zero-order valence-corrected chi connectivity index (χ0v) is 35.4. The molecular formula is C32H41N9O16P2S2. The molecule has 0 aliphatic carbocycles. The van der Waals surface area contributed by atoms with Crippen LogP contribution in [0.3, 0.4) is 0 Å². The van der Waals surface area contributed by atoms with Crippen molar-refractivity contribution in [3.05, 3.63) is 59.2 Å². The minimum Gasteiger partial charge on any atom is -0.455 e. The van der Waals surface area contributed by atoms with Crippen molar-refractivity contribution in [2.45, 2.75) is 80.6 Å². The van der Waals surface area contributed by atoms with Gasteiger partial charge in [-0.1, -0.05) is 40.6 Å². The van der Waals surface area contributed by atoms with E-state index in [9.17, 15) is 43.3 Å². The number of nitrogens with zero attached hydrogens (tertiary/aromatic N) is 6. The molecule has 0 bridgehead atoms. The molecular weight excluding hydrogens is 892 g/mol. The molecule has 1 aromatic carbocycles. The number of anilines is 2. The van der Waals surface area contributed by atoms with E-state index in [0.717, 1.165) is 16.6 Å². The van der Waals surface area contributed by atoms with Crippen molar-refractivity contribution >= 4 is 72.0 Å². The minimum atomic E-state index is -5.23. The third-order valence-corrected chi connectivity index (χ3v) is 12.9. The molecule has 6 rings (SSSR count). The molecule has 3 aromatic heterocycles. The number of carbonyl (C=O) groups excluding carboxylic acids is 2. The number of aromatic nitrogens is 6. The number of fused-ring (bicyclic) bond motifs is 1. The van der Waals surface area contributed by atoms with Crippen LogP contribution in [0.4, 0.5) is 11.6 Å². The molecule has 0 radical (unpaired) electrons. The molecule has 4 aromatic rings. The molecule has 332 valence electrons.